The molecule has 3 heterocycles. The Kier molecular flexibility index (Phi) is 10.9. The molecule has 10 heteroatoms. The Balaban J connectivity index is 1.33. The first-order valence-electron chi connectivity index (χ1n) is 16.8. The highest BCUT2D eigenvalue weighted by atomic mass is 16.5. The molecule has 46 heavy (non-hydrogen) atoms. The lowest BCUT2D eigenvalue weighted by Crippen LogP contribution is -2.54. The van der Waals surface area contributed by atoms with E-state index < -0.39 is 17.7 Å². The standard InChI is InChI=1S/C36H51N5O5/c1-36(2,3)41(35(44)45)29(23-26-12-14-28(15-13-26)38-20-16-30(42)17-21-38)24-33(43)39-18-7-9-27(25-39)34-37-31-10-5-6-11-32(31)40(34)19-8-22-46-4/h5-6,10-15,27,29-30,42H,7-9,16-25H2,1-4H3,(H,44,45)/t27-,29-/m1/s1. The van der Waals surface area contributed by atoms with Crippen LogP contribution in [0, 0.1) is 0 Å². The van der Waals surface area contributed by atoms with Gasteiger partial charge in [0, 0.05) is 76.0 Å². The summed E-state index contributed by atoms with van der Waals surface area (Å²) in [7, 11) is 1.72. The number of aliphatic hydroxyl groups is 1. The summed E-state index contributed by atoms with van der Waals surface area (Å²) < 4.78 is 7.61. The summed E-state index contributed by atoms with van der Waals surface area (Å²) >= 11 is 0. The molecule has 0 unspecified atom stereocenters. The molecule has 0 radical (unpaired) electrons. The fourth-order valence-electron chi connectivity index (χ4n) is 7.24. The number of carboxylic acid groups (broad SMARTS) is 1. The maximum atomic E-state index is 14.0. The van der Waals surface area contributed by atoms with Crippen LogP contribution < -0.4 is 4.90 Å². The Bertz CT molecular complexity index is 1460. The molecule has 2 aliphatic rings. The number of nitrogens with zero attached hydrogens (tertiary/aromatic N) is 5. The Morgan fingerprint density at radius 2 is 1.76 bits per heavy atom. The van der Waals surface area contributed by atoms with Crippen LogP contribution in [0.5, 0.6) is 0 Å². The molecule has 0 saturated carbocycles. The summed E-state index contributed by atoms with van der Waals surface area (Å²) in [6.45, 7) is 9.99. The van der Waals surface area contributed by atoms with Gasteiger partial charge in [0.1, 0.15) is 5.82 Å². The zero-order chi connectivity index (χ0) is 32.8. The fraction of sp³-hybridized carbons (Fsp3) is 0.583. The first-order valence-corrected chi connectivity index (χ1v) is 16.8. The first-order chi connectivity index (χ1) is 22.0. The second kappa shape index (κ2) is 14.9. The third-order valence-electron chi connectivity index (χ3n) is 9.49. The quantitative estimate of drug-likeness (QED) is 0.268. The average Bonchev–Trinajstić information content (AvgIpc) is 3.40. The van der Waals surface area contributed by atoms with E-state index >= 15 is 0 Å². The van der Waals surface area contributed by atoms with Gasteiger partial charge in [0.15, 0.2) is 0 Å². The van der Waals surface area contributed by atoms with Gasteiger partial charge < -0.3 is 29.3 Å². The van der Waals surface area contributed by atoms with Crippen LogP contribution >= 0.6 is 0 Å². The van der Waals surface area contributed by atoms with Crippen LogP contribution in [-0.4, -0.2) is 99.1 Å². The summed E-state index contributed by atoms with van der Waals surface area (Å²) in [5.74, 6) is 1.10. The van der Waals surface area contributed by atoms with Crippen molar-refractivity contribution in [3.05, 3.63) is 59.9 Å². The SMILES string of the molecule is COCCCn1c([C@@H]2CCCN(C(=O)C[C@@H](Cc3ccc(N4CCC(O)CC4)cc3)N(C(=O)O)C(C)(C)C)C2)nc2ccccc21. The summed E-state index contributed by atoms with van der Waals surface area (Å²) in [5, 5.41) is 20.2. The molecule has 2 aliphatic heterocycles. The third kappa shape index (κ3) is 8.01. The van der Waals surface area contributed by atoms with Crippen molar-refractivity contribution >= 4 is 28.7 Å². The van der Waals surface area contributed by atoms with Gasteiger partial charge in [-0.2, -0.15) is 0 Å². The number of anilines is 1. The van der Waals surface area contributed by atoms with Crippen molar-refractivity contribution in [2.45, 2.75) is 95.9 Å². The molecule has 2 atom stereocenters. The number of ether oxygens (including phenoxy) is 1. The number of carbonyl (C=O) groups is 2. The minimum absolute atomic E-state index is 0.0178. The molecule has 5 rings (SSSR count). The maximum Gasteiger partial charge on any atom is 0.408 e. The number of carbonyl (C=O) groups excluding carboxylic acids is 1. The molecular formula is C36H51N5O5. The molecule has 2 saturated heterocycles. The predicted molar refractivity (Wildman–Crippen MR) is 180 cm³/mol. The van der Waals surface area contributed by atoms with Crippen molar-refractivity contribution in [2.75, 3.05) is 44.8 Å². The second-order valence-electron chi connectivity index (χ2n) is 13.9. The Hall–Kier alpha value is -3.63. The van der Waals surface area contributed by atoms with Gasteiger partial charge in [0.2, 0.25) is 5.91 Å². The number of aryl methyl sites for hydroxylation is 1. The number of hydrogen-bond donors (Lipinski definition) is 2. The number of aliphatic hydroxyl groups excluding tert-OH is 1. The van der Waals surface area contributed by atoms with E-state index in [1.165, 1.54) is 4.90 Å². The highest BCUT2D eigenvalue weighted by Gasteiger charge is 2.37. The molecule has 0 aliphatic carbocycles. The number of para-hydroxylation sites is 2. The number of amides is 2. The number of imidazole rings is 1. The van der Waals surface area contributed by atoms with E-state index in [-0.39, 0.29) is 24.3 Å². The molecule has 2 amide bonds. The van der Waals surface area contributed by atoms with E-state index in [9.17, 15) is 19.8 Å². The van der Waals surface area contributed by atoms with Crippen molar-refractivity contribution in [3.63, 3.8) is 0 Å². The van der Waals surface area contributed by atoms with Crippen LogP contribution in [0.25, 0.3) is 11.0 Å². The molecule has 2 N–H and O–H groups in total. The number of methoxy groups -OCH3 is 1. The van der Waals surface area contributed by atoms with Gasteiger partial charge in [-0.25, -0.2) is 9.78 Å². The zero-order valence-corrected chi connectivity index (χ0v) is 27.9. The van der Waals surface area contributed by atoms with Gasteiger partial charge in [-0.3, -0.25) is 9.69 Å². The minimum atomic E-state index is -1.02. The number of fused-ring (bicyclic) bond motifs is 1. The lowest BCUT2D eigenvalue weighted by molar-refractivity contribution is -0.134. The summed E-state index contributed by atoms with van der Waals surface area (Å²) in [6, 6.07) is 15.9. The summed E-state index contributed by atoms with van der Waals surface area (Å²) in [5.41, 5.74) is 3.48. The van der Waals surface area contributed by atoms with Crippen molar-refractivity contribution in [1.82, 2.24) is 19.4 Å². The maximum absolute atomic E-state index is 14.0. The van der Waals surface area contributed by atoms with Crippen molar-refractivity contribution in [2.24, 2.45) is 0 Å². The largest absolute Gasteiger partial charge is 0.465 e. The van der Waals surface area contributed by atoms with Gasteiger partial charge in [-0.15, -0.1) is 0 Å². The van der Waals surface area contributed by atoms with E-state index in [4.69, 9.17) is 9.72 Å². The molecule has 10 nitrogen and oxygen atoms in total. The Labute approximate surface area is 272 Å². The van der Waals surface area contributed by atoms with Crippen LogP contribution in [0.1, 0.15) is 76.6 Å². The normalized spacial score (nSPS) is 18.6. The number of benzene rings is 2. The summed E-state index contributed by atoms with van der Waals surface area (Å²) in [4.78, 5) is 37.4. The number of aromatic nitrogens is 2. The fourth-order valence-corrected chi connectivity index (χ4v) is 7.24. The van der Waals surface area contributed by atoms with Crippen LogP contribution in [0.2, 0.25) is 0 Å². The van der Waals surface area contributed by atoms with Gasteiger partial charge in [-0.1, -0.05) is 24.3 Å². The highest BCUT2D eigenvalue weighted by molar-refractivity contribution is 5.79. The molecule has 0 bridgehead atoms. The van der Waals surface area contributed by atoms with E-state index in [2.05, 4.69) is 27.7 Å². The number of likely N-dealkylation sites (tertiary alicyclic amines) is 1. The first kappa shape index (κ1) is 33.7. The van der Waals surface area contributed by atoms with E-state index in [0.717, 1.165) is 79.8 Å². The minimum Gasteiger partial charge on any atom is -0.465 e. The van der Waals surface area contributed by atoms with Crippen molar-refractivity contribution < 1.29 is 24.5 Å². The van der Waals surface area contributed by atoms with E-state index in [1.54, 1.807) is 7.11 Å². The molecule has 2 aromatic carbocycles. The van der Waals surface area contributed by atoms with Crippen molar-refractivity contribution in [1.29, 1.82) is 0 Å². The predicted octanol–water partition coefficient (Wildman–Crippen LogP) is 5.52. The molecular weight excluding hydrogens is 582 g/mol. The number of hydrogen-bond acceptors (Lipinski definition) is 6. The molecule has 250 valence electrons. The molecule has 1 aromatic heterocycles. The number of piperidine rings is 2. The number of rotatable bonds is 11. The lowest BCUT2D eigenvalue weighted by atomic mass is 9.93. The Morgan fingerprint density at radius 1 is 1.04 bits per heavy atom. The second-order valence-corrected chi connectivity index (χ2v) is 13.9. The molecule has 0 spiro atoms. The topological polar surface area (TPSA) is 111 Å². The zero-order valence-electron chi connectivity index (χ0n) is 27.9. The average molecular weight is 634 g/mol. The van der Waals surface area contributed by atoms with E-state index in [1.807, 2.05) is 56.0 Å². The smallest absolute Gasteiger partial charge is 0.408 e. The van der Waals surface area contributed by atoms with Crippen molar-refractivity contribution in [3.8, 4) is 0 Å². The highest BCUT2D eigenvalue weighted by Crippen LogP contribution is 2.31. The van der Waals surface area contributed by atoms with Crippen LogP contribution in [0.3, 0.4) is 0 Å². The van der Waals surface area contributed by atoms with Crippen LogP contribution in [-0.2, 0) is 22.5 Å². The van der Waals surface area contributed by atoms with E-state index in [0.29, 0.717) is 26.1 Å². The van der Waals surface area contributed by atoms with Crippen LogP contribution in [0.4, 0.5) is 10.5 Å². The summed E-state index contributed by atoms with van der Waals surface area (Å²) in [6.07, 6.45) is 3.53. The van der Waals surface area contributed by atoms with Crippen LogP contribution in [0.15, 0.2) is 48.5 Å². The van der Waals surface area contributed by atoms with Gasteiger partial charge in [0.25, 0.3) is 0 Å². The van der Waals surface area contributed by atoms with Gasteiger partial charge >= 0.3 is 6.09 Å². The molecule has 3 aromatic rings. The lowest BCUT2D eigenvalue weighted by Gasteiger charge is -2.41. The van der Waals surface area contributed by atoms with Gasteiger partial charge in [0.05, 0.1) is 17.1 Å². The molecule has 2 fully saturated rings. The van der Waals surface area contributed by atoms with Gasteiger partial charge in [-0.05, 0) is 89.1 Å². The monoisotopic (exact) mass is 633 g/mol. The Morgan fingerprint density at radius 3 is 2.43 bits per heavy atom. The third-order valence-corrected chi connectivity index (χ3v) is 9.49.